The number of carbonyl (C=O) groups is 3. The van der Waals surface area contributed by atoms with Crippen LogP contribution in [0.2, 0.25) is 0 Å². The molecule has 0 fully saturated rings. The van der Waals surface area contributed by atoms with E-state index in [1.807, 2.05) is 0 Å². The highest BCUT2D eigenvalue weighted by molar-refractivity contribution is 14.1. The van der Waals surface area contributed by atoms with Crippen LogP contribution in [0.1, 0.15) is 27.6 Å². The Balaban J connectivity index is 3.91. The van der Waals surface area contributed by atoms with Gasteiger partial charge in [0.05, 0.1) is 56.0 Å². The van der Waals surface area contributed by atoms with Crippen LogP contribution in [-0.4, -0.2) is 133 Å². The molecule has 1 aromatic carbocycles. The van der Waals surface area contributed by atoms with Crippen molar-refractivity contribution in [1.29, 1.82) is 0 Å². The first-order valence-electron chi connectivity index (χ1n) is 11.0. The van der Waals surface area contributed by atoms with Crippen LogP contribution in [0.15, 0.2) is 0 Å². The molecule has 10 N–H and O–H groups in total. The molecule has 0 spiro atoms. The quantitative estimate of drug-likeness (QED) is 0.0864. The summed E-state index contributed by atoms with van der Waals surface area (Å²) in [7, 11) is 0. The van der Waals surface area contributed by atoms with E-state index in [0.717, 1.165) is 9.80 Å². The smallest absolute Gasteiger partial charge is 0.256 e. The summed E-state index contributed by atoms with van der Waals surface area (Å²) in [6.07, 6.45) is -8.23. The van der Waals surface area contributed by atoms with E-state index in [9.17, 15) is 55.2 Å². The van der Waals surface area contributed by atoms with Crippen LogP contribution in [-0.2, 0) is 4.79 Å². The molecule has 0 heterocycles. The highest BCUT2D eigenvalue weighted by atomic mass is 127. The molecule has 5 unspecified atom stereocenters. The lowest BCUT2D eigenvalue weighted by Crippen LogP contribution is -2.49. The number of hydrogen-bond donors (Lipinski definition) is 9. The Morgan fingerprint density at radius 2 is 1.24 bits per heavy atom. The third-order valence-corrected chi connectivity index (χ3v) is 8.51. The molecule has 0 aromatic heterocycles. The predicted octanol–water partition coefficient (Wildman–Crippen LogP) is -2.82. The zero-order chi connectivity index (χ0) is 29.5. The van der Waals surface area contributed by atoms with Gasteiger partial charge in [-0.05, 0) is 74.7 Å². The van der Waals surface area contributed by atoms with Crippen molar-refractivity contribution in [3.8, 4) is 0 Å². The van der Waals surface area contributed by atoms with Crippen molar-refractivity contribution in [2.45, 2.75) is 37.4 Å². The van der Waals surface area contributed by atoms with Crippen LogP contribution >= 0.6 is 67.8 Å². The summed E-state index contributed by atoms with van der Waals surface area (Å²) < 4.78 is 0.291. The van der Waals surface area contributed by atoms with Crippen molar-refractivity contribution < 1.29 is 55.2 Å². The number of amides is 3. The molecule has 0 bridgehead atoms. The Hall–Kier alpha value is -0.500. The predicted molar refractivity (Wildman–Crippen MR) is 158 cm³/mol. The Labute approximate surface area is 258 Å². The van der Waals surface area contributed by atoms with Crippen molar-refractivity contribution in [3.63, 3.8) is 0 Å². The summed E-state index contributed by atoms with van der Waals surface area (Å²) in [6.45, 7) is -2.65. The van der Waals surface area contributed by atoms with Gasteiger partial charge in [0.25, 0.3) is 17.7 Å². The highest BCUT2D eigenvalue weighted by Gasteiger charge is 2.35. The van der Waals surface area contributed by atoms with Crippen molar-refractivity contribution in [2.75, 3.05) is 44.4 Å². The summed E-state index contributed by atoms with van der Waals surface area (Å²) in [4.78, 5) is 40.9. The fourth-order valence-electron chi connectivity index (χ4n) is 3.29. The van der Waals surface area contributed by atoms with E-state index in [1.165, 1.54) is 6.92 Å². The van der Waals surface area contributed by atoms with Gasteiger partial charge in [0.1, 0.15) is 18.3 Å². The number of benzene rings is 1. The fourth-order valence-corrected chi connectivity index (χ4v) is 8.03. The average molecular weight is 881 g/mol. The Morgan fingerprint density at radius 3 is 1.61 bits per heavy atom. The zero-order valence-electron chi connectivity index (χ0n) is 20.0. The van der Waals surface area contributed by atoms with Gasteiger partial charge in [-0.25, -0.2) is 0 Å². The van der Waals surface area contributed by atoms with E-state index in [0.29, 0.717) is 0 Å². The normalized spacial score (nSPS) is 15.4. The summed E-state index contributed by atoms with van der Waals surface area (Å²) in [5, 5.41) is 78.0. The maximum atomic E-state index is 13.9. The summed E-state index contributed by atoms with van der Waals surface area (Å²) in [6, 6.07) is 0. The first kappa shape index (κ1) is 35.5. The number of carbonyl (C=O) groups excluding carboxylic acids is 3. The monoisotopic (exact) mass is 881 g/mol. The molecule has 14 nitrogen and oxygen atoms in total. The standard InChI is InChI=1S/C21H30I3N3O11/c1-8(31)20(37)27(2-3-28)18-16(23)13(19(25)36)15(22)14(17(18)24)21(38)26(4-9(32)11(34)6-29)5-10(33)12(35)7-30/h8-12,28-35H,2-7H2,1H3,(H2,25,36). The van der Waals surface area contributed by atoms with Gasteiger partial charge < -0.3 is 56.4 Å². The second kappa shape index (κ2) is 16.1. The lowest BCUT2D eigenvalue weighted by atomic mass is 10.0. The molecule has 0 aliphatic rings. The highest BCUT2D eigenvalue weighted by Crippen LogP contribution is 2.38. The van der Waals surface area contributed by atoms with Gasteiger partial charge in [-0.2, -0.15) is 0 Å². The van der Waals surface area contributed by atoms with Gasteiger partial charge in [-0.3, -0.25) is 14.4 Å². The van der Waals surface area contributed by atoms with Gasteiger partial charge in [-0.1, -0.05) is 0 Å². The van der Waals surface area contributed by atoms with Crippen LogP contribution in [0.25, 0.3) is 0 Å². The second-order valence-electron chi connectivity index (χ2n) is 8.14. The summed E-state index contributed by atoms with van der Waals surface area (Å²) >= 11 is 5.17. The van der Waals surface area contributed by atoms with E-state index < -0.39 is 81.2 Å². The first-order valence-corrected chi connectivity index (χ1v) is 14.2. The summed E-state index contributed by atoms with van der Waals surface area (Å²) in [5.41, 5.74) is 5.23. The molecule has 1 aromatic rings. The number of hydrogen-bond acceptors (Lipinski definition) is 11. The molecular formula is C21H30I3N3O11. The lowest BCUT2D eigenvalue weighted by Gasteiger charge is -2.32. The number of aliphatic hydroxyl groups is 8. The maximum Gasteiger partial charge on any atom is 0.256 e. The van der Waals surface area contributed by atoms with Crippen LogP contribution in [0, 0.1) is 10.7 Å². The van der Waals surface area contributed by atoms with Crippen molar-refractivity contribution >= 4 is 91.2 Å². The van der Waals surface area contributed by atoms with Gasteiger partial charge >= 0.3 is 0 Å². The van der Waals surface area contributed by atoms with Gasteiger partial charge in [0.15, 0.2) is 0 Å². The van der Waals surface area contributed by atoms with Crippen LogP contribution in [0.4, 0.5) is 5.69 Å². The minimum absolute atomic E-state index is 0.00412. The van der Waals surface area contributed by atoms with Crippen LogP contribution in [0.5, 0.6) is 0 Å². The van der Waals surface area contributed by atoms with Crippen molar-refractivity contribution in [1.82, 2.24) is 4.90 Å². The number of nitrogens with two attached hydrogens (primary N) is 1. The van der Waals surface area contributed by atoms with E-state index >= 15 is 0 Å². The molecule has 0 saturated carbocycles. The first-order chi connectivity index (χ1) is 17.7. The Morgan fingerprint density at radius 1 is 0.789 bits per heavy atom. The minimum Gasteiger partial charge on any atom is -0.395 e. The van der Waals surface area contributed by atoms with E-state index in [2.05, 4.69) is 0 Å². The molecule has 3 amide bonds. The molecule has 17 heteroatoms. The fraction of sp³-hybridized carbons (Fsp3) is 0.571. The van der Waals surface area contributed by atoms with Gasteiger partial charge in [-0.15, -0.1) is 0 Å². The van der Waals surface area contributed by atoms with E-state index in [4.69, 9.17) is 5.73 Å². The molecule has 216 valence electrons. The largest absolute Gasteiger partial charge is 0.395 e. The average Bonchev–Trinajstić information content (AvgIpc) is 2.85. The van der Waals surface area contributed by atoms with Crippen LogP contribution in [0.3, 0.4) is 0 Å². The molecule has 38 heavy (non-hydrogen) atoms. The number of rotatable bonds is 14. The number of anilines is 1. The molecule has 1 rings (SSSR count). The second-order valence-corrected chi connectivity index (χ2v) is 11.4. The van der Waals surface area contributed by atoms with Gasteiger partial charge in [0.2, 0.25) is 0 Å². The molecule has 0 aliphatic carbocycles. The topological polar surface area (TPSA) is 246 Å². The molecule has 0 radical (unpaired) electrons. The van der Waals surface area contributed by atoms with E-state index in [1.54, 1.807) is 67.8 Å². The Bertz CT molecular complexity index is 997. The van der Waals surface area contributed by atoms with Crippen LogP contribution < -0.4 is 10.6 Å². The number of halogens is 3. The molecule has 0 aliphatic heterocycles. The zero-order valence-corrected chi connectivity index (χ0v) is 26.5. The van der Waals surface area contributed by atoms with Crippen molar-refractivity contribution in [3.05, 3.63) is 21.8 Å². The molecule has 5 atom stereocenters. The SMILES string of the molecule is CC(O)C(=O)N(CCO)c1c(I)c(C(N)=O)c(I)c(C(=O)N(CC(O)C(O)CO)CC(O)C(O)CO)c1I. The molecular weight excluding hydrogens is 851 g/mol. The van der Waals surface area contributed by atoms with Gasteiger partial charge in [0, 0.05) is 23.2 Å². The number of nitrogens with zero attached hydrogens (tertiary/aromatic N) is 2. The Kier molecular flexibility index (Phi) is 15.0. The molecule has 0 saturated heterocycles. The number of aliphatic hydroxyl groups excluding tert-OH is 8. The maximum absolute atomic E-state index is 13.9. The lowest BCUT2D eigenvalue weighted by molar-refractivity contribution is -0.125. The van der Waals surface area contributed by atoms with Crippen molar-refractivity contribution in [2.24, 2.45) is 5.73 Å². The van der Waals surface area contributed by atoms with E-state index in [-0.39, 0.29) is 34.1 Å². The summed E-state index contributed by atoms with van der Waals surface area (Å²) in [5.74, 6) is -2.73. The number of primary amides is 1. The third-order valence-electron chi connectivity index (χ3n) is 5.34. The third kappa shape index (κ3) is 8.50. The minimum atomic E-state index is -1.70.